The van der Waals surface area contributed by atoms with E-state index in [2.05, 4.69) is 20.6 Å². The number of likely N-dealkylation sites (N-methyl/N-ethyl adjacent to an activating group) is 1. The second-order valence-electron chi connectivity index (χ2n) is 4.75. The molecule has 0 radical (unpaired) electrons. The van der Waals surface area contributed by atoms with Gasteiger partial charge in [-0.3, -0.25) is 4.79 Å². The average Bonchev–Trinajstić information content (AvgIpc) is 2.97. The molecule has 2 rings (SSSR count). The summed E-state index contributed by atoms with van der Waals surface area (Å²) >= 11 is 0. The highest BCUT2D eigenvalue weighted by Crippen LogP contribution is 2.07. The number of amides is 1. The molecule has 1 amide bonds. The summed E-state index contributed by atoms with van der Waals surface area (Å²) in [5.74, 6) is -0.121. The molecule has 1 aromatic heterocycles. The Morgan fingerprint density at radius 2 is 1.95 bits per heavy atom. The summed E-state index contributed by atoms with van der Waals surface area (Å²) in [5.41, 5.74) is 1.07. The molecule has 0 spiro atoms. The third-order valence-electron chi connectivity index (χ3n) is 2.86. The van der Waals surface area contributed by atoms with Crippen LogP contribution >= 0.6 is 0 Å². The largest absolute Gasteiger partial charge is 0.330 e. The summed E-state index contributed by atoms with van der Waals surface area (Å²) in [4.78, 5) is 16.1. The lowest BCUT2D eigenvalue weighted by Gasteiger charge is -2.23. The summed E-state index contributed by atoms with van der Waals surface area (Å²) in [6.07, 6.45) is 0. The molecule has 0 bridgehead atoms. The quantitative estimate of drug-likeness (QED) is 0.825. The number of aromatic nitrogens is 4. The predicted molar refractivity (Wildman–Crippen MR) is 73.9 cm³/mol. The first-order valence-corrected chi connectivity index (χ1v) is 6.38. The summed E-state index contributed by atoms with van der Waals surface area (Å²) in [5, 5.41) is 13.2. The Balaban J connectivity index is 2.10. The molecule has 1 heterocycles. The van der Waals surface area contributed by atoms with Crippen molar-refractivity contribution in [2.75, 3.05) is 27.2 Å². The molecule has 0 aliphatic carbocycles. The van der Waals surface area contributed by atoms with Crippen molar-refractivity contribution in [3.63, 3.8) is 0 Å². The monoisotopic (exact) mass is 274 g/mol. The number of hydrogen-bond donors (Lipinski definition) is 1. The first-order chi connectivity index (χ1) is 9.66. The third-order valence-corrected chi connectivity index (χ3v) is 2.86. The van der Waals surface area contributed by atoms with Crippen LogP contribution in [0.25, 0.3) is 0 Å². The maximum Gasteiger partial charge on any atom is 0.295 e. The summed E-state index contributed by atoms with van der Waals surface area (Å²) < 4.78 is 0. The van der Waals surface area contributed by atoms with Crippen molar-refractivity contribution < 1.29 is 4.79 Å². The number of benzene rings is 1. The molecular weight excluding hydrogens is 256 g/mol. The Labute approximate surface area is 117 Å². The van der Waals surface area contributed by atoms with Crippen LogP contribution in [0.15, 0.2) is 30.3 Å². The second kappa shape index (κ2) is 6.76. The first kappa shape index (κ1) is 14.1. The number of nitrogens with one attached hydrogen (secondary N) is 1. The molecule has 7 heteroatoms. The highest BCUT2D eigenvalue weighted by molar-refractivity contribution is 5.90. The van der Waals surface area contributed by atoms with E-state index >= 15 is 0 Å². The predicted octanol–water partition coefficient (Wildman–Crippen LogP) is 0.404. The number of rotatable bonds is 6. The number of nitrogens with zero attached hydrogens (tertiary/aromatic N) is 5. The molecule has 0 unspecified atom stereocenters. The topological polar surface area (TPSA) is 78.0 Å². The third kappa shape index (κ3) is 3.86. The van der Waals surface area contributed by atoms with Crippen LogP contribution in [0.2, 0.25) is 0 Å². The maximum atomic E-state index is 12.3. The van der Waals surface area contributed by atoms with Crippen molar-refractivity contribution >= 4 is 5.91 Å². The van der Waals surface area contributed by atoms with E-state index in [4.69, 9.17) is 0 Å². The Morgan fingerprint density at radius 3 is 2.55 bits per heavy atom. The Hall–Kier alpha value is -2.28. The first-order valence-electron chi connectivity index (χ1n) is 6.38. The van der Waals surface area contributed by atoms with Crippen LogP contribution in [0.1, 0.15) is 16.2 Å². The van der Waals surface area contributed by atoms with Crippen molar-refractivity contribution in [3.8, 4) is 0 Å². The van der Waals surface area contributed by atoms with E-state index in [9.17, 15) is 4.79 Å². The molecule has 0 aliphatic rings. The van der Waals surface area contributed by atoms with E-state index in [1.807, 2.05) is 49.3 Å². The van der Waals surface area contributed by atoms with E-state index in [0.717, 1.165) is 12.1 Å². The summed E-state index contributed by atoms with van der Waals surface area (Å²) in [7, 11) is 3.94. The molecular formula is C13H18N6O. The minimum absolute atomic E-state index is 0.0969. The van der Waals surface area contributed by atoms with Crippen molar-refractivity contribution in [2.24, 2.45) is 0 Å². The lowest BCUT2D eigenvalue weighted by Crippen LogP contribution is -2.36. The van der Waals surface area contributed by atoms with Crippen LogP contribution in [0.4, 0.5) is 0 Å². The zero-order valence-corrected chi connectivity index (χ0v) is 11.7. The molecule has 106 valence electrons. The van der Waals surface area contributed by atoms with E-state index in [1.54, 1.807) is 4.90 Å². The van der Waals surface area contributed by atoms with E-state index in [-0.39, 0.29) is 11.7 Å². The summed E-state index contributed by atoms with van der Waals surface area (Å²) in [6, 6.07) is 9.85. The van der Waals surface area contributed by atoms with Gasteiger partial charge < -0.3 is 9.80 Å². The zero-order chi connectivity index (χ0) is 14.4. The molecule has 0 saturated heterocycles. The van der Waals surface area contributed by atoms with Crippen molar-refractivity contribution in [2.45, 2.75) is 6.54 Å². The highest BCUT2D eigenvalue weighted by Gasteiger charge is 2.20. The molecule has 0 aliphatic heterocycles. The van der Waals surface area contributed by atoms with Crippen molar-refractivity contribution in [1.82, 2.24) is 30.4 Å². The van der Waals surface area contributed by atoms with Crippen molar-refractivity contribution in [1.29, 1.82) is 0 Å². The van der Waals surface area contributed by atoms with Crippen LogP contribution in [0.5, 0.6) is 0 Å². The number of carbonyl (C=O) groups is 1. The number of hydrogen-bond acceptors (Lipinski definition) is 5. The van der Waals surface area contributed by atoms with Crippen LogP contribution < -0.4 is 0 Å². The Morgan fingerprint density at radius 1 is 1.20 bits per heavy atom. The Kier molecular flexibility index (Phi) is 4.78. The second-order valence-corrected chi connectivity index (χ2v) is 4.75. The fourth-order valence-electron chi connectivity index (χ4n) is 1.77. The fraction of sp³-hybridized carbons (Fsp3) is 0.385. The van der Waals surface area contributed by atoms with Crippen LogP contribution in [-0.2, 0) is 6.54 Å². The van der Waals surface area contributed by atoms with E-state index in [1.165, 1.54) is 0 Å². The number of tetrazole rings is 1. The minimum atomic E-state index is -0.218. The van der Waals surface area contributed by atoms with Gasteiger partial charge in [-0.25, -0.2) is 0 Å². The SMILES string of the molecule is CN(C)CCN(Cc1ccccc1)C(=O)c1nn[nH]n1. The molecule has 7 nitrogen and oxygen atoms in total. The standard InChI is InChI=1S/C13H18N6O/c1-18(2)8-9-19(10-11-6-4-3-5-7-11)13(20)12-14-16-17-15-12/h3-7H,8-10H2,1-2H3,(H,14,15,16,17). The average molecular weight is 274 g/mol. The van der Waals surface area contributed by atoms with Gasteiger partial charge in [0.1, 0.15) is 0 Å². The molecule has 20 heavy (non-hydrogen) atoms. The van der Waals surface area contributed by atoms with Gasteiger partial charge in [-0.05, 0) is 24.9 Å². The van der Waals surface area contributed by atoms with E-state index in [0.29, 0.717) is 13.1 Å². The maximum absolute atomic E-state index is 12.3. The lowest BCUT2D eigenvalue weighted by atomic mass is 10.2. The number of aromatic amines is 1. The highest BCUT2D eigenvalue weighted by atomic mass is 16.2. The van der Waals surface area contributed by atoms with Gasteiger partial charge in [0.15, 0.2) is 0 Å². The van der Waals surface area contributed by atoms with Gasteiger partial charge in [-0.15, -0.1) is 10.2 Å². The zero-order valence-electron chi connectivity index (χ0n) is 11.7. The molecule has 2 aromatic rings. The molecule has 1 aromatic carbocycles. The van der Waals surface area contributed by atoms with Crippen molar-refractivity contribution in [3.05, 3.63) is 41.7 Å². The molecule has 0 saturated carbocycles. The number of H-pyrrole nitrogens is 1. The van der Waals surface area contributed by atoms with Gasteiger partial charge in [-0.2, -0.15) is 5.21 Å². The van der Waals surface area contributed by atoms with Gasteiger partial charge in [0.25, 0.3) is 11.7 Å². The minimum Gasteiger partial charge on any atom is -0.330 e. The van der Waals surface area contributed by atoms with Gasteiger partial charge in [0, 0.05) is 19.6 Å². The van der Waals surface area contributed by atoms with Gasteiger partial charge in [-0.1, -0.05) is 30.3 Å². The number of carbonyl (C=O) groups excluding carboxylic acids is 1. The van der Waals surface area contributed by atoms with Gasteiger partial charge in [0.2, 0.25) is 0 Å². The van der Waals surface area contributed by atoms with Gasteiger partial charge in [0.05, 0.1) is 0 Å². The van der Waals surface area contributed by atoms with E-state index < -0.39 is 0 Å². The van der Waals surface area contributed by atoms with Crippen LogP contribution in [-0.4, -0.2) is 63.5 Å². The lowest BCUT2D eigenvalue weighted by molar-refractivity contribution is 0.0719. The van der Waals surface area contributed by atoms with Crippen LogP contribution in [0, 0.1) is 0 Å². The summed E-state index contributed by atoms with van der Waals surface area (Å²) in [6.45, 7) is 1.91. The smallest absolute Gasteiger partial charge is 0.295 e. The molecule has 1 N–H and O–H groups in total. The van der Waals surface area contributed by atoms with Gasteiger partial charge >= 0.3 is 0 Å². The van der Waals surface area contributed by atoms with Crippen LogP contribution in [0.3, 0.4) is 0 Å². The fourth-order valence-corrected chi connectivity index (χ4v) is 1.77. The molecule has 0 atom stereocenters. The normalized spacial score (nSPS) is 10.8. The Bertz CT molecular complexity index is 525. The molecule has 0 fully saturated rings.